The Morgan fingerprint density at radius 2 is 1.85 bits per heavy atom. The van der Waals surface area contributed by atoms with Gasteiger partial charge in [0, 0.05) is 11.6 Å². The van der Waals surface area contributed by atoms with Crippen LogP contribution in [0, 0.1) is 0 Å². The molecular weight excluding hydrogens is 348 g/mol. The van der Waals surface area contributed by atoms with E-state index in [2.05, 4.69) is 5.32 Å². The third-order valence-electron chi connectivity index (χ3n) is 4.17. The van der Waals surface area contributed by atoms with Crippen LogP contribution in [0.4, 0.5) is 5.69 Å². The largest absolute Gasteiger partial charge is 0.488 e. The van der Waals surface area contributed by atoms with Crippen molar-refractivity contribution >= 4 is 17.4 Å². The molecule has 0 fully saturated rings. The van der Waals surface area contributed by atoms with Crippen LogP contribution in [0.1, 0.15) is 17.3 Å². The van der Waals surface area contributed by atoms with Crippen LogP contribution in [-0.2, 0) is 4.79 Å². The molecule has 1 unspecified atom stereocenters. The molecule has 7 heteroatoms. The zero-order valence-electron chi connectivity index (χ0n) is 15.4. The first-order valence-electron chi connectivity index (χ1n) is 8.76. The van der Waals surface area contributed by atoms with Crippen molar-refractivity contribution in [3.8, 4) is 17.2 Å². The van der Waals surface area contributed by atoms with Crippen LogP contribution in [0.25, 0.3) is 0 Å². The maximum absolute atomic E-state index is 12.4. The highest BCUT2D eigenvalue weighted by atomic mass is 16.7. The van der Waals surface area contributed by atoms with E-state index in [4.69, 9.17) is 14.2 Å². The summed E-state index contributed by atoms with van der Waals surface area (Å²) in [6.07, 6.45) is 0. The fourth-order valence-corrected chi connectivity index (χ4v) is 2.75. The van der Waals surface area contributed by atoms with E-state index in [-0.39, 0.29) is 25.0 Å². The van der Waals surface area contributed by atoms with E-state index in [1.165, 1.54) is 6.92 Å². The quantitative estimate of drug-likeness (QED) is 0.681. The van der Waals surface area contributed by atoms with Crippen molar-refractivity contribution in [3.05, 3.63) is 48.0 Å². The lowest BCUT2D eigenvalue weighted by Crippen LogP contribution is -3.10. The molecule has 0 aromatic heterocycles. The van der Waals surface area contributed by atoms with Gasteiger partial charge in [-0.1, -0.05) is 18.2 Å². The SMILES string of the molecule is CC(=O)c1cc2c(cc1NC(=O)C[NH+](C)CCOc1ccccc1)OCO2. The number of anilines is 1. The van der Waals surface area contributed by atoms with E-state index in [1.54, 1.807) is 12.1 Å². The summed E-state index contributed by atoms with van der Waals surface area (Å²) in [5.41, 5.74) is 0.836. The molecule has 0 saturated carbocycles. The summed E-state index contributed by atoms with van der Waals surface area (Å²) >= 11 is 0. The molecule has 1 amide bonds. The lowest BCUT2D eigenvalue weighted by Gasteiger charge is -2.15. The van der Waals surface area contributed by atoms with Crippen LogP contribution in [0.3, 0.4) is 0 Å². The molecule has 1 atom stereocenters. The van der Waals surface area contributed by atoms with Crippen molar-refractivity contribution in [2.75, 3.05) is 38.9 Å². The van der Waals surface area contributed by atoms with Gasteiger partial charge < -0.3 is 24.4 Å². The number of hydrogen-bond acceptors (Lipinski definition) is 5. The number of likely N-dealkylation sites (N-methyl/N-ethyl adjacent to an activating group) is 1. The molecule has 0 aliphatic carbocycles. The van der Waals surface area contributed by atoms with Gasteiger partial charge in [0.15, 0.2) is 23.8 Å². The number of Topliss-reactive ketones (excluding diaryl/α,β-unsaturated/α-hetero) is 1. The molecule has 0 radical (unpaired) electrons. The van der Waals surface area contributed by atoms with Gasteiger partial charge in [-0.15, -0.1) is 0 Å². The fourth-order valence-electron chi connectivity index (χ4n) is 2.75. The van der Waals surface area contributed by atoms with Crippen molar-refractivity contribution in [2.45, 2.75) is 6.92 Å². The van der Waals surface area contributed by atoms with Gasteiger partial charge in [0.1, 0.15) is 18.9 Å². The minimum atomic E-state index is -0.187. The molecule has 142 valence electrons. The number of quaternary nitrogens is 1. The van der Waals surface area contributed by atoms with Gasteiger partial charge in [-0.3, -0.25) is 9.59 Å². The number of ether oxygens (including phenoxy) is 3. The highest BCUT2D eigenvalue weighted by molar-refractivity contribution is 6.04. The molecule has 0 saturated heterocycles. The third kappa shape index (κ3) is 4.98. The summed E-state index contributed by atoms with van der Waals surface area (Å²) < 4.78 is 16.3. The molecule has 0 spiro atoms. The maximum atomic E-state index is 12.4. The van der Waals surface area contributed by atoms with Crippen LogP contribution in [0.15, 0.2) is 42.5 Å². The van der Waals surface area contributed by atoms with Crippen molar-refractivity contribution < 1.29 is 28.7 Å². The number of hydrogen-bond donors (Lipinski definition) is 2. The average molecular weight is 371 g/mol. The second-order valence-corrected chi connectivity index (χ2v) is 6.40. The zero-order chi connectivity index (χ0) is 19.2. The summed E-state index contributed by atoms with van der Waals surface area (Å²) in [6.45, 7) is 2.99. The number of fused-ring (bicyclic) bond motifs is 1. The summed E-state index contributed by atoms with van der Waals surface area (Å²) in [6, 6.07) is 12.8. The molecular formula is C20H23N2O5+. The third-order valence-corrected chi connectivity index (χ3v) is 4.17. The van der Waals surface area contributed by atoms with Crippen LogP contribution in [0.5, 0.6) is 17.2 Å². The first-order valence-corrected chi connectivity index (χ1v) is 8.76. The van der Waals surface area contributed by atoms with E-state index >= 15 is 0 Å². The maximum Gasteiger partial charge on any atom is 0.279 e. The number of amides is 1. The van der Waals surface area contributed by atoms with Crippen LogP contribution >= 0.6 is 0 Å². The Kier molecular flexibility index (Phi) is 5.93. The Balaban J connectivity index is 1.53. The van der Waals surface area contributed by atoms with Crippen molar-refractivity contribution in [3.63, 3.8) is 0 Å². The zero-order valence-corrected chi connectivity index (χ0v) is 15.4. The number of ketones is 1. The van der Waals surface area contributed by atoms with E-state index < -0.39 is 0 Å². The Morgan fingerprint density at radius 3 is 2.56 bits per heavy atom. The fraction of sp³-hybridized carbons (Fsp3) is 0.300. The monoisotopic (exact) mass is 371 g/mol. The van der Waals surface area contributed by atoms with Gasteiger partial charge in [0.05, 0.1) is 12.7 Å². The number of carbonyl (C=O) groups is 2. The van der Waals surface area contributed by atoms with Gasteiger partial charge in [-0.2, -0.15) is 0 Å². The topological polar surface area (TPSA) is 78.3 Å². The van der Waals surface area contributed by atoms with Crippen molar-refractivity contribution in [1.82, 2.24) is 0 Å². The van der Waals surface area contributed by atoms with E-state index in [9.17, 15) is 9.59 Å². The van der Waals surface area contributed by atoms with E-state index in [0.29, 0.717) is 35.9 Å². The van der Waals surface area contributed by atoms with E-state index in [1.807, 2.05) is 37.4 Å². The van der Waals surface area contributed by atoms with Crippen molar-refractivity contribution in [1.29, 1.82) is 0 Å². The number of nitrogens with one attached hydrogen (secondary N) is 2. The number of carbonyl (C=O) groups excluding carboxylic acids is 2. The summed E-state index contributed by atoms with van der Waals surface area (Å²) in [4.78, 5) is 25.2. The summed E-state index contributed by atoms with van der Waals surface area (Å²) in [7, 11) is 1.92. The number of rotatable bonds is 8. The highest BCUT2D eigenvalue weighted by Crippen LogP contribution is 2.37. The van der Waals surface area contributed by atoms with Crippen LogP contribution in [-0.4, -0.2) is 45.2 Å². The Morgan fingerprint density at radius 1 is 1.15 bits per heavy atom. The Hall–Kier alpha value is -3.06. The van der Waals surface area contributed by atoms with Gasteiger partial charge >= 0.3 is 0 Å². The lowest BCUT2D eigenvalue weighted by atomic mass is 10.1. The highest BCUT2D eigenvalue weighted by Gasteiger charge is 2.21. The minimum Gasteiger partial charge on any atom is -0.488 e. The van der Waals surface area contributed by atoms with Crippen LogP contribution < -0.4 is 24.4 Å². The molecule has 0 bridgehead atoms. The molecule has 3 rings (SSSR count). The van der Waals surface area contributed by atoms with Gasteiger partial charge in [-0.25, -0.2) is 0 Å². The molecule has 2 aromatic rings. The first-order chi connectivity index (χ1) is 13.0. The van der Waals surface area contributed by atoms with Gasteiger partial charge in [-0.05, 0) is 25.1 Å². The molecule has 1 heterocycles. The molecule has 1 aliphatic heterocycles. The lowest BCUT2D eigenvalue weighted by molar-refractivity contribution is -0.871. The summed E-state index contributed by atoms with van der Waals surface area (Å²) in [5, 5.41) is 2.80. The van der Waals surface area contributed by atoms with Crippen molar-refractivity contribution in [2.24, 2.45) is 0 Å². The number of para-hydroxylation sites is 1. The average Bonchev–Trinajstić information content (AvgIpc) is 3.09. The Labute approximate surface area is 157 Å². The standard InChI is InChI=1S/C20H22N2O5/c1-14(23)16-10-18-19(27-13-26-18)11-17(16)21-20(24)12-22(2)8-9-25-15-6-4-3-5-7-15/h3-7,10-11H,8-9,12-13H2,1-2H3,(H,21,24)/p+1. The second-order valence-electron chi connectivity index (χ2n) is 6.40. The summed E-state index contributed by atoms with van der Waals surface area (Å²) in [5.74, 6) is 1.50. The normalized spacial score (nSPS) is 13.1. The molecule has 2 aromatic carbocycles. The molecule has 1 aliphatic rings. The molecule has 7 nitrogen and oxygen atoms in total. The molecule has 27 heavy (non-hydrogen) atoms. The predicted octanol–water partition coefficient (Wildman–Crippen LogP) is 1.15. The first kappa shape index (κ1) is 18.7. The van der Waals surface area contributed by atoms with Gasteiger partial charge in [0.25, 0.3) is 5.91 Å². The predicted molar refractivity (Wildman–Crippen MR) is 99.8 cm³/mol. The smallest absolute Gasteiger partial charge is 0.279 e. The van der Waals surface area contributed by atoms with Crippen LogP contribution in [0.2, 0.25) is 0 Å². The minimum absolute atomic E-state index is 0.110. The van der Waals surface area contributed by atoms with E-state index in [0.717, 1.165) is 10.6 Å². The van der Waals surface area contributed by atoms with Gasteiger partial charge in [0.2, 0.25) is 6.79 Å². The Bertz CT molecular complexity index is 823. The second kappa shape index (κ2) is 8.55. The molecule has 2 N–H and O–H groups in total. The number of benzene rings is 2.